The Labute approximate surface area is 248 Å². The molecular weight excluding hydrogens is 526 g/mol. The highest BCUT2D eigenvalue weighted by molar-refractivity contribution is 5.87. The smallest absolute Gasteiger partial charge is 0.318 e. The average Bonchev–Trinajstić information content (AvgIpc) is 3.55. The highest BCUT2D eigenvalue weighted by Gasteiger charge is 2.49. The summed E-state index contributed by atoms with van der Waals surface area (Å²) < 4.78 is 6.32. The maximum atomic E-state index is 12.5. The summed E-state index contributed by atoms with van der Waals surface area (Å²) in [6.45, 7) is 8.71. The summed E-state index contributed by atoms with van der Waals surface area (Å²) in [4.78, 5) is 31.5. The third-order valence-corrected chi connectivity index (χ3v) is 10.4. The fourth-order valence-electron chi connectivity index (χ4n) is 7.82. The lowest BCUT2D eigenvalue weighted by molar-refractivity contribution is -0.128. The van der Waals surface area contributed by atoms with Crippen molar-refractivity contribution in [3.05, 3.63) is 53.2 Å². The van der Waals surface area contributed by atoms with Gasteiger partial charge in [0.05, 0.1) is 30.8 Å². The maximum Gasteiger partial charge on any atom is 0.318 e. The number of hydrogen-bond donors (Lipinski definition) is 0. The van der Waals surface area contributed by atoms with Crippen LogP contribution in [0.2, 0.25) is 0 Å². The van der Waals surface area contributed by atoms with Gasteiger partial charge in [0, 0.05) is 43.5 Å². The van der Waals surface area contributed by atoms with Crippen LogP contribution in [0.3, 0.4) is 0 Å². The summed E-state index contributed by atoms with van der Waals surface area (Å²) in [7, 11) is 2.15. The fraction of sp³-hybridized carbons (Fsp3) is 0.576. The minimum atomic E-state index is -0.210. The molecule has 2 atom stereocenters. The summed E-state index contributed by atoms with van der Waals surface area (Å²) >= 11 is 0. The van der Waals surface area contributed by atoms with Crippen molar-refractivity contribution in [1.82, 2.24) is 19.8 Å². The van der Waals surface area contributed by atoms with E-state index in [2.05, 4.69) is 52.6 Å². The lowest BCUT2D eigenvalue weighted by atomic mass is 9.97. The number of hydrogen-bond acceptors (Lipinski definition) is 8. The van der Waals surface area contributed by atoms with Crippen molar-refractivity contribution in [3.8, 4) is 12.1 Å². The Morgan fingerprint density at radius 2 is 2.00 bits per heavy atom. The average molecular weight is 568 g/mol. The molecule has 7 rings (SSSR count). The first-order valence-corrected chi connectivity index (χ1v) is 15.6. The maximum absolute atomic E-state index is 12.5. The number of likely N-dealkylation sites (tertiary alicyclic amines) is 1. The molecule has 1 aromatic carbocycles. The SMILES string of the molecule is C=CC(=O)N1CCN(c2nc(OC[C@@H]3CCCN3C)nc3c2CCN(c2cccc4c2CCC42CC2)C3)C[C@@H]1CC#N. The van der Waals surface area contributed by atoms with E-state index in [0.717, 1.165) is 44.0 Å². The van der Waals surface area contributed by atoms with E-state index in [1.807, 2.05) is 0 Å². The van der Waals surface area contributed by atoms with Gasteiger partial charge < -0.3 is 24.3 Å². The summed E-state index contributed by atoms with van der Waals surface area (Å²) in [6.07, 6.45) is 9.89. The van der Waals surface area contributed by atoms with Crippen LogP contribution in [0.25, 0.3) is 0 Å². The molecule has 5 aliphatic rings. The summed E-state index contributed by atoms with van der Waals surface area (Å²) in [5.74, 6) is 0.779. The van der Waals surface area contributed by atoms with E-state index in [1.54, 1.807) is 10.5 Å². The quantitative estimate of drug-likeness (QED) is 0.469. The predicted octanol–water partition coefficient (Wildman–Crippen LogP) is 3.61. The van der Waals surface area contributed by atoms with E-state index in [-0.39, 0.29) is 18.4 Å². The molecule has 4 heterocycles. The number of nitriles is 1. The largest absolute Gasteiger partial charge is 0.462 e. The van der Waals surface area contributed by atoms with Gasteiger partial charge in [0.2, 0.25) is 5.91 Å². The summed E-state index contributed by atoms with van der Waals surface area (Å²) in [5, 5.41) is 9.53. The van der Waals surface area contributed by atoms with E-state index in [9.17, 15) is 10.1 Å². The predicted molar refractivity (Wildman–Crippen MR) is 162 cm³/mol. The zero-order chi connectivity index (χ0) is 28.8. The van der Waals surface area contributed by atoms with Crippen molar-refractivity contribution >= 4 is 17.4 Å². The van der Waals surface area contributed by atoms with Crippen LogP contribution in [0.4, 0.5) is 11.5 Å². The molecule has 0 N–H and O–H groups in total. The van der Waals surface area contributed by atoms with Crippen LogP contribution in [-0.4, -0.2) is 84.1 Å². The minimum Gasteiger partial charge on any atom is -0.462 e. The number of amides is 1. The second-order valence-electron chi connectivity index (χ2n) is 12.8. The molecule has 3 aliphatic heterocycles. The van der Waals surface area contributed by atoms with Crippen molar-refractivity contribution in [2.75, 3.05) is 56.2 Å². The van der Waals surface area contributed by atoms with E-state index in [4.69, 9.17) is 14.7 Å². The topological polar surface area (TPSA) is 88.8 Å². The number of carbonyl (C=O) groups excluding carboxylic acids is 1. The highest BCUT2D eigenvalue weighted by atomic mass is 16.5. The number of fused-ring (bicyclic) bond motifs is 3. The second-order valence-corrected chi connectivity index (χ2v) is 12.8. The molecule has 220 valence electrons. The second kappa shape index (κ2) is 10.9. The molecular formula is C33H41N7O2. The lowest BCUT2D eigenvalue weighted by Crippen LogP contribution is -2.55. The Balaban J connectivity index is 1.19. The van der Waals surface area contributed by atoms with E-state index in [0.29, 0.717) is 43.7 Å². The van der Waals surface area contributed by atoms with E-state index < -0.39 is 0 Å². The van der Waals surface area contributed by atoms with E-state index in [1.165, 1.54) is 55.0 Å². The first-order chi connectivity index (χ1) is 20.5. The van der Waals surface area contributed by atoms with Crippen LogP contribution in [-0.2, 0) is 29.6 Å². The zero-order valence-corrected chi connectivity index (χ0v) is 24.7. The summed E-state index contributed by atoms with van der Waals surface area (Å²) in [5.41, 5.74) is 7.13. The molecule has 1 amide bonds. The van der Waals surface area contributed by atoms with Gasteiger partial charge in [-0.15, -0.1) is 0 Å². The number of carbonyl (C=O) groups is 1. The lowest BCUT2D eigenvalue weighted by Gasteiger charge is -2.42. The van der Waals surface area contributed by atoms with Crippen LogP contribution in [0.1, 0.15) is 60.9 Å². The van der Waals surface area contributed by atoms with Gasteiger partial charge >= 0.3 is 6.01 Å². The molecule has 1 aromatic heterocycles. The Morgan fingerprint density at radius 1 is 1.12 bits per heavy atom. The monoisotopic (exact) mass is 567 g/mol. The zero-order valence-electron chi connectivity index (χ0n) is 24.7. The Kier molecular flexibility index (Phi) is 7.05. The van der Waals surface area contributed by atoms with Gasteiger partial charge in [-0.05, 0) is 87.2 Å². The van der Waals surface area contributed by atoms with Gasteiger partial charge in [0.15, 0.2) is 0 Å². The molecule has 0 unspecified atom stereocenters. The van der Waals surface area contributed by atoms with Gasteiger partial charge in [-0.1, -0.05) is 18.7 Å². The van der Waals surface area contributed by atoms with Crippen LogP contribution in [0, 0.1) is 11.3 Å². The molecule has 2 aromatic rings. The van der Waals surface area contributed by atoms with E-state index >= 15 is 0 Å². The number of rotatable bonds is 7. The summed E-state index contributed by atoms with van der Waals surface area (Å²) in [6, 6.07) is 9.77. The van der Waals surface area contributed by atoms with Gasteiger partial charge in [-0.25, -0.2) is 0 Å². The molecule has 2 saturated heterocycles. The highest BCUT2D eigenvalue weighted by Crippen LogP contribution is 2.58. The molecule has 1 spiro atoms. The van der Waals surface area contributed by atoms with Gasteiger partial charge in [0.1, 0.15) is 12.4 Å². The molecule has 2 aliphatic carbocycles. The van der Waals surface area contributed by atoms with Crippen LogP contribution >= 0.6 is 0 Å². The normalized spacial score (nSPS) is 24.3. The standard InChI is InChI=1S/C33H41N7O2/c1-3-30(41)40-19-18-39(20-23(40)10-15-34)31-26-11-17-38(29-8-4-7-27-25(29)9-12-33(27)13-14-33)21-28(26)35-32(36-31)42-22-24-6-5-16-37(24)2/h3-4,7-8,23-24H,1,5-6,9-14,16-22H2,2H3/t23-,24-/m0/s1. The molecule has 9 heteroatoms. The number of nitrogens with zero attached hydrogens (tertiary/aromatic N) is 7. The van der Waals surface area contributed by atoms with Crippen molar-refractivity contribution < 1.29 is 9.53 Å². The van der Waals surface area contributed by atoms with Crippen molar-refractivity contribution in [2.24, 2.45) is 0 Å². The van der Waals surface area contributed by atoms with Crippen molar-refractivity contribution in [3.63, 3.8) is 0 Å². The van der Waals surface area contributed by atoms with Crippen molar-refractivity contribution in [2.45, 2.75) is 75.4 Å². The Bertz CT molecular complexity index is 1430. The molecule has 3 fully saturated rings. The number of likely N-dealkylation sites (N-methyl/N-ethyl adjacent to an activating group) is 1. The third kappa shape index (κ3) is 4.80. The third-order valence-electron chi connectivity index (χ3n) is 10.4. The molecule has 0 bridgehead atoms. The molecule has 9 nitrogen and oxygen atoms in total. The fourth-order valence-corrected chi connectivity index (χ4v) is 7.82. The first-order valence-electron chi connectivity index (χ1n) is 15.6. The number of benzene rings is 1. The van der Waals surface area contributed by atoms with Crippen molar-refractivity contribution in [1.29, 1.82) is 5.26 Å². The molecule has 1 saturated carbocycles. The Hall–Kier alpha value is -3.64. The van der Waals surface area contributed by atoms with Crippen LogP contribution in [0.5, 0.6) is 6.01 Å². The van der Waals surface area contributed by atoms with Crippen LogP contribution < -0.4 is 14.5 Å². The number of piperazine rings is 1. The van der Waals surface area contributed by atoms with Gasteiger partial charge in [0.25, 0.3) is 0 Å². The number of ether oxygens (including phenoxy) is 1. The number of aromatic nitrogens is 2. The van der Waals surface area contributed by atoms with Gasteiger partial charge in [-0.2, -0.15) is 15.2 Å². The minimum absolute atomic E-state index is 0.122. The van der Waals surface area contributed by atoms with Gasteiger partial charge in [-0.3, -0.25) is 4.79 Å². The Morgan fingerprint density at radius 3 is 2.76 bits per heavy atom. The van der Waals surface area contributed by atoms with Crippen LogP contribution in [0.15, 0.2) is 30.9 Å². The first kappa shape index (κ1) is 27.2. The molecule has 42 heavy (non-hydrogen) atoms. The number of anilines is 2. The molecule has 0 radical (unpaired) electrons.